The molecule has 1 aliphatic heterocycles. The molecule has 2 rings (SSSR count). The lowest BCUT2D eigenvalue weighted by Crippen LogP contribution is -2.19. The summed E-state index contributed by atoms with van der Waals surface area (Å²) in [7, 11) is 1.88. The molecule has 5 nitrogen and oxygen atoms in total. The molecule has 0 spiro atoms. The average Bonchev–Trinajstić information content (AvgIpc) is 2.86. The molecule has 78 valence electrons. The van der Waals surface area contributed by atoms with Crippen LogP contribution in [-0.4, -0.2) is 30.3 Å². The van der Waals surface area contributed by atoms with E-state index in [0.717, 1.165) is 19.0 Å². The Balaban J connectivity index is 2.08. The molecule has 0 amide bonds. The maximum absolute atomic E-state index is 5.16. The van der Waals surface area contributed by atoms with Gasteiger partial charge in [-0.2, -0.15) is 4.98 Å². The van der Waals surface area contributed by atoms with Gasteiger partial charge in [0.25, 0.3) is 5.95 Å². The summed E-state index contributed by atoms with van der Waals surface area (Å²) in [6.45, 7) is 4.10. The minimum Gasteiger partial charge on any atom is -0.338 e. The Bertz CT molecular complexity index is 293. The monoisotopic (exact) mass is 196 g/mol. The molecule has 1 aromatic rings. The van der Waals surface area contributed by atoms with Crippen LogP contribution in [0.3, 0.4) is 0 Å². The number of rotatable bonds is 3. The number of aromatic nitrogens is 2. The summed E-state index contributed by atoms with van der Waals surface area (Å²) in [4.78, 5) is 6.51. The number of hydrogen-bond acceptors (Lipinski definition) is 5. The van der Waals surface area contributed by atoms with Crippen LogP contribution in [0.15, 0.2) is 4.52 Å². The summed E-state index contributed by atoms with van der Waals surface area (Å²) in [6.07, 6.45) is 2.46. The van der Waals surface area contributed by atoms with E-state index in [0.29, 0.717) is 5.89 Å². The number of nitrogens with one attached hydrogen (secondary N) is 1. The molecule has 0 unspecified atom stereocenters. The molecule has 1 fully saturated rings. The van der Waals surface area contributed by atoms with E-state index < -0.39 is 0 Å². The highest BCUT2D eigenvalue weighted by atomic mass is 16.5. The SMILES string of the molecule is CN[C@@H](C)c1nc(N2CCCC2)no1. The molecule has 0 bridgehead atoms. The minimum atomic E-state index is 0.124. The quantitative estimate of drug-likeness (QED) is 0.780. The summed E-state index contributed by atoms with van der Waals surface area (Å²) < 4.78 is 5.16. The second-order valence-electron chi connectivity index (χ2n) is 3.64. The van der Waals surface area contributed by atoms with Crippen molar-refractivity contribution in [3.05, 3.63) is 5.89 Å². The van der Waals surface area contributed by atoms with E-state index in [1.54, 1.807) is 0 Å². The molecule has 1 N–H and O–H groups in total. The maximum Gasteiger partial charge on any atom is 0.266 e. The van der Waals surface area contributed by atoms with Crippen LogP contribution in [0, 0.1) is 0 Å². The fraction of sp³-hybridized carbons (Fsp3) is 0.778. The van der Waals surface area contributed by atoms with Gasteiger partial charge in [-0.05, 0) is 32.0 Å². The lowest BCUT2D eigenvalue weighted by atomic mass is 10.3. The molecule has 14 heavy (non-hydrogen) atoms. The predicted octanol–water partition coefficient (Wildman–Crippen LogP) is 0.950. The van der Waals surface area contributed by atoms with Gasteiger partial charge >= 0.3 is 0 Å². The van der Waals surface area contributed by atoms with E-state index in [2.05, 4.69) is 20.4 Å². The van der Waals surface area contributed by atoms with Crippen LogP contribution in [-0.2, 0) is 0 Å². The molecule has 5 heteroatoms. The average molecular weight is 196 g/mol. The molecule has 1 aromatic heterocycles. The molecular formula is C9H16N4O. The van der Waals surface area contributed by atoms with Crippen LogP contribution < -0.4 is 10.2 Å². The van der Waals surface area contributed by atoms with Crippen molar-refractivity contribution in [1.82, 2.24) is 15.5 Å². The maximum atomic E-state index is 5.16. The fourth-order valence-corrected chi connectivity index (χ4v) is 1.57. The summed E-state index contributed by atoms with van der Waals surface area (Å²) in [5.74, 6) is 1.40. The van der Waals surface area contributed by atoms with E-state index in [1.807, 2.05) is 14.0 Å². The van der Waals surface area contributed by atoms with Gasteiger partial charge in [0.05, 0.1) is 6.04 Å². The van der Waals surface area contributed by atoms with Gasteiger partial charge in [0.15, 0.2) is 0 Å². The zero-order valence-electron chi connectivity index (χ0n) is 8.66. The van der Waals surface area contributed by atoms with Crippen LogP contribution >= 0.6 is 0 Å². The lowest BCUT2D eigenvalue weighted by Gasteiger charge is -2.10. The van der Waals surface area contributed by atoms with Gasteiger partial charge in [-0.3, -0.25) is 0 Å². The van der Waals surface area contributed by atoms with Crippen molar-refractivity contribution in [3.63, 3.8) is 0 Å². The van der Waals surface area contributed by atoms with Crippen LogP contribution in [0.25, 0.3) is 0 Å². The summed E-state index contributed by atoms with van der Waals surface area (Å²) in [6, 6.07) is 0.124. The first kappa shape index (κ1) is 9.45. The van der Waals surface area contributed by atoms with Crippen LogP contribution in [0.2, 0.25) is 0 Å². The van der Waals surface area contributed by atoms with Gasteiger partial charge < -0.3 is 14.7 Å². The third kappa shape index (κ3) is 1.72. The Labute approximate surface area is 83.5 Å². The van der Waals surface area contributed by atoms with Crippen molar-refractivity contribution in [2.75, 3.05) is 25.0 Å². The van der Waals surface area contributed by atoms with E-state index in [-0.39, 0.29) is 6.04 Å². The summed E-state index contributed by atoms with van der Waals surface area (Å²) in [5, 5.41) is 7.04. The van der Waals surface area contributed by atoms with Crippen molar-refractivity contribution in [1.29, 1.82) is 0 Å². The predicted molar refractivity (Wildman–Crippen MR) is 53.2 cm³/mol. The van der Waals surface area contributed by atoms with Gasteiger partial charge in [-0.15, -0.1) is 0 Å². The molecule has 0 radical (unpaired) electrons. The van der Waals surface area contributed by atoms with Gasteiger partial charge in [0.2, 0.25) is 5.89 Å². The molecular weight excluding hydrogens is 180 g/mol. The normalized spacial score (nSPS) is 18.9. The molecule has 1 aliphatic rings. The molecule has 0 aromatic carbocycles. The first-order valence-corrected chi connectivity index (χ1v) is 5.07. The fourth-order valence-electron chi connectivity index (χ4n) is 1.57. The lowest BCUT2D eigenvalue weighted by molar-refractivity contribution is 0.346. The van der Waals surface area contributed by atoms with Gasteiger partial charge in [-0.25, -0.2) is 0 Å². The Morgan fingerprint density at radius 2 is 2.14 bits per heavy atom. The standard InChI is InChI=1S/C9H16N4O/c1-7(10-2)8-11-9(12-14-8)13-5-3-4-6-13/h7,10H,3-6H2,1-2H3/t7-/m0/s1. The Hall–Kier alpha value is -1.10. The van der Waals surface area contributed by atoms with Crippen LogP contribution in [0.5, 0.6) is 0 Å². The highest BCUT2D eigenvalue weighted by Crippen LogP contribution is 2.18. The topological polar surface area (TPSA) is 54.2 Å². The number of anilines is 1. The molecule has 1 atom stereocenters. The van der Waals surface area contributed by atoms with E-state index in [1.165, 1.54) is 12.8 Å². The van der Waals surface area contributed by atoms with E-state index in [9.17, 15) is 0 Å². The zero-order valence-corrected chi connectivity index (χ0v) is 8.66. The molecule has 2 heterocycles. The third-order valence-electron chi connectivity index (χ3n) is 2.62. The number of nitrogens with zero attached hydrogens (tertiary/aromatic N) is 3. The van der Waals surface area contributed by atoms with Crippen LogP contribution in [0.1, 0.15) is 31.7 Å². The number of hydrogen-bond donors (Lipinski definition) is 1. The minimum absolute atomic E-state index is 0.124. The summed E-state index contributed by atoms with van der Waals surface area (Å²) >= 11 is 0. The second-order valence-corrected chi connectivity index (χ2v) is 3.64. The third-order valence-corrected chi connectivity index (χ3v) is 2.62. The molecule has 0 aliphatic carbocycles. The molecule has 1 saturated heterocycles. The van der Waals surface area contributed by atoms with Crippen molar-refractivity contribution in [2.24, 2.45) is 0 Å². The van der Waals surface area contributed by atoms with E-state index in [4.69, 9.17) is 4.52 Å². The van der Waals surface area contributed by atoms with Crippen LogP contribution in [0.4, 0.5) is 5.95 Å². The zero-order chi connectivity index (χ0) is 9.97. The smallest absolute Gasteiger partial charge is 0.266 e. The molecule has 0 saturated carbocycles. The van der Waals surface area contributed by atoms with Gasteiger partial charge in [-0.1, -0.05) is 0 Å². The highest BCUT2D eigenvalue weighted by Gasteiger charge is 2.19. The van der Waals surface area contributed by atoms with Crippen molar-refractivity contribution >= 4 is 5.95 Å². The largest absolute Gasteiger partial charge is 0.338 e. The van der Waals surface area contributed by atoms with Crippen molar-refractivity contribution < 1.29 is 4.52 Å². The summed E-state index contributed by atoms with van der Waals surface area (Å²) in [5.41, 5.74) is 0. The van der Waals surface area contributed by atoms with Crippen molar-refractivity contribution in [2.45, 2.75) is 25.8 Å². The Morgan fingerprint density at radius 1 is 1.43 bits per heavy atom. The first-order valence-electron chi connectivity index (χ1n) is 5.07. The van der Waals surface area contributed by atoms with Crippen molar-refractivity contribution in [3.8, 4) is 0 Å². The highest BCUT2D eigenvalue weighted by molar-refractivity contribution is 5.29. The van der Waals surface area contributed by atoms with Gasteiger partial charge in [0, 0.05) is 13.1 Å². The van der Waals surface area contributed by atoms with Gasteiger partial charge in [0.1, 0.15) is 0 Å². The second kappa shape index (κ2) is 3.96. The Morgan fingerprint density at radius 3 is 2.79 bits per heavy atom. The first-order chi connectivity index (χ1) is 6.81. The Kier molecular flexibility index (Phi) is 2.67. The van der Waals surface area contributed by atoms with E-state index >= 15 is 0 Å².